The van der Waals surface area contributed by atoms with Crippen molar-refractivity contribution in [2.75, 3.05) is 18.9 Å². The molecule has 21 heavy (non-hydrogen) atoms. The lowest BCUT2D eigenvalue weighted by molar-refractivity contribution is 0.333. The molecule has 0 aliphatic rings. The Bertz CT molecular complexity index is 559. The van der Waals surface area contributed by atoms with E-state index in [1.165, 1.54) is 0 Å². The van der Waals surface area contributed by atoms with Gasteiger partial charge < -0.3 is 10.1 Å². The Morgan fingerprint density at radius 3 is 2.48 bits per heavy atom. The number of nitrogens with one attached hydrogen (secondary N) is 1. The molecule has 1 rings (SSSR count). The second-order valence-electron chi connectivity index (χ2n) is 6.12. The van der Waals surface area contributed by atoms with E-state index in [4.69, 9.17) is 4.74 Å². The van der Waals surface area contributed by atoms with Gasteiger partial charge in [-0.15, -0.1) is 0 Å². The second kappa shape index (κ2) is 7.27. The summed E-state index contributed by atoms with van der Waals surface area (Å²) in [4.78, 5) is 0. The highest BCUT2D eigenvalue weighted by Crippen LogP contribution is 2.24. The van der Waals surface area contributed by atoms with Gasteiger partial charge in [0.05, 0.1) is 10.5 Å². The normalized spacial score (nSPS) is 12.4. The maximum atomic E-state index is 12.1. The Balaban J connectivity index is 2.76. The molecule has 0 unspecified atom stereocenters. The first kappa shape index (κ1) is 18.0. The number of rotatable bonds is 7. The molecule has 0 fully saturated rings. The number of hydrogen-bond donors (Lipinski definition) is 1. The van der Waals surface area contributed by atoms with Crippen LogP contribution in [-0.2, 0) is 16.4 Å². The van der Waals surface area contributed by atoms with Gasteiger partial charge >= 0.3 is 0 Å². The second-order valence-corrected chi connectivity index (χ2v) is 8.99. The van der Waals surface area contributed by atoms with Gasteiger partial charge in [-0.1, -0.05) is 25.1 Å². The lowest BCUT2D eigenvalue weighted by Crippen LogP contribution is -2.32. The summed E-state index contributed by atoms with van der Waals surface area (Å²) in [5, 5.41) is 3.26. The summed E-state index contributed by atoms with van der Waals surface area (Å²) >= 11 is 0. The maximum Gasteiger partial charge on any atom is 0.158 e. The fourth-order valence-electron chi connectivity index (χ4n) is 1.88. The summed E-state index contributed by atoms with van der Waals surface area (Å²) < 4.78 is 29.2. The highest BCUT2D eigenvalue weighted by atomic mass is 32.2. The number of sulfone groups is 1. The molecule has 0 saturated heterocycles. The van der Waals surface area contributed by atoms with Gasteiger partial charge in [-0.05, 0) is 39.8 Å². The van der Waals surface area contributed by atoms with Crippen molar-refractivity contribution < 1.29 is 13.2 Å². The Morgan fingerprint density at radius 2 is 1.90 bits per heavy atom. The van der Waals surface area contributed by atoms with E-state index < -0.39 is 14.6 Å². The Kier molecular flexibility index (Phi) is 6.23. The van der Waals surface area contributed by atoms with Crippen LogP contribution in [-0.4, -0.2) is 32.1 Å². The van der Waals surface area contributed by atoms with Gasteiger partial charge in [0.25, 0.3) is 0 Å². The third-order valence-electron chi connectivity index (χ3n) is 3.39. The first-order chi connectivity index (χ1) is 9.69. The van der Waals surface area contributed by atoms with Gasteiger partial charge in [-0.3, -0.25) is 0 Å². The fourth-order valence-corrected chi connectivity index (χ4v) is 2.79. The van der Waals surface area contributed by atoms with Crippen LogP contribution < -0.4 is 10.1 Å². The zero-order valence-corrected chi connectivity index (χ0v) is 14.5. The summed E-state index contributed by atoms with van der Waals surface area (Å²) in [5.41, 5.74) is 2.09. The summed E-state index contributed by atoms with van der Waals surface area (Å²) in [5.74, 6) is 0.827. The third kappa shape index (κ3) is 5.00. The van der Waals surface area contributed by atoms with E-state index >= 15 is 0 Å². The minimum Gasteiger partial charge on any atom is -0.492 e. The molecule has 1 aromatic rings. The SMILES string of the molecule is CCNCc1cccc(C)c1OCCS(=O)(=O)C(C)(C)C. The van der Waals surface area contributed by atoms with Crippen LogP contribution in [0, 0.1) is 6.92 Å². The predicted molar refractivity (Wildman–Crippen MR) is 87.6 cm³/mol. The topological polar surface area (TPSA) is 55.4 Å². The van der Waals surface area contributed by atoms with E-state index in [0.717, 1.165) is 30.0 Å². The van der Waals surface area contributed by atoms with Crippen molar-refractivity contribution in [3.05, 3.63) is 29.3 Å². The van der Waals surface area contributed by atoms with Crippen molar-refractivity contribution in [2.45, 2.75) is 45.9 Å². The lowest BCUT2D eigenvalue weighted by atomic mass is 10.1. The van der Waals surface area contributed by atoms with Crippen molar-refractivity contribution in [1.82, 2.24) is 5.32 Å². The van der Waals surface area contributed by atoms with Crippen molar-refractivity contribution in [1.29, 1.82) is 0 Å². The molecule has 0 bridgehead atoms. The molecule has 4 nitrogen and oxygen atoms in total. The number of para-hydroxylation sites is 1. The average molecular weight is 313 g/mol. The molecule has 1 aromatic carbocycles. The van der Waals surface area contributed by atoms with Crippen LogP contribution in [0.4, 0.5) is 0 Å². The number of aryl methyl sites for hydroxylation is 1. The molecule has 0 aliphatic carbocycles. The van der Waals surface area contributed by atoms with Crippen LogP contribution in [0.15, 0.2) is 18.2 Å². The molecular formula is C16H27NO3S. The molecule has 0 atom stereocenters. The predicted octanol–water partition coefficient (Wildman–Crippen LogP) is 2.70. The largest absolute Gasteiger partial charge is 0.492 e. The molecule has 120 valence electrons. The summed E-state index contributed by atoms with van der Waals surface area (Å²) in [6, 6.07) is 5.97. The molecule has 0 radical (unpaired) electrons. The fraction of sp³-hybridized carbons (Fsp3) is 0.625. The quantitative estimate of drug-likeness (QED) is 0.841. The Morgan fingerprint density at radius 1 is 1.24 bits per heavy atom. The first-order valence-corrected chi connectivity index (χ1v) is 8.98. The molecular weight excluding hydrogens is 286 g/mol. The van der Waals surface area contributed by atoms with Crippen molar-refractivity contribution in [2.24, 2.45) is 0 Å². The van der Waals surface area contributed by atoms with Crippen LogP contribution in [0.3, 0.4) is 0 Å². The molecule has 0 spiro atoms. The zero-order valence-electron chi connectivity index (χ0n) is 13.7. The first-order valence-electron chi connectivity index (χ1n) is 7.33. The summed E-state index contributed by atoms with van der Waals surface area (Å²) in [7, 11) is -3.15. The molecule has 5 heteroatoms. The minimum atomic E-state index is -3.15. The monoisotopic (exact) mass is 313 g/mol. The van der Waals surface area contributed by atoms with E-state index in [0.29, 0.717) is 0 Å². The lowest BCUT2D eigenvalue weighted by Gasteiger charge is -2.20. The van der Waals surface area contributed by atoms with Gasteiger partial charge in [0.1, 0.15) is 12.4 Å². The third-order valence-corrected chi connectivity index (χ3v) is 5.96. The van der Waals surface area contributed by atoms with Gasteiger partial charge in [0, 0.05) is 12.1 Å². The van der Waals surface area contributed by atoms with Crippen LogP contribution in [0.2, 0.25) is 0 Å². The molecule has 0 amide bonds. The molecule has 0 aliphatic heterocycles. The van der Waals surface area contributed by atoms with E-state index in [2.05, 4.69) is 5.32 Å². The van der Waals surface area contributed by atoms with E-state index in [1.54, 1.807) is 20.8 Å². The van der Waals surface area contributed by atoms with E-state index in [1.807, 2.05) is 32.0 Å². The van der Waals surface area contributed by atoms with Gasteiger partial charge in [-0.2, -0.15) is 0 Å². The smallest absolute Gasteiger partial charge is 0.158 e. The summed E-state index contributed by atoms with van der Waals surface area (Å²) in [6.45, 7) is 11.0. The van der Waals surface area contributed by atoms with E-state index in [-0.39, 0.29) is 12.4 Å². The van der Waals surface area contributed by atoms with Gasteiger partial charge in [0.2, 0.25) is 0 Å². The van der Waals surface area contributed by atoms with Crippen molar-refractivity contribution in [3.63, 3.8) is 0 Å². The molecule has 0 saturated carbocycles. The van der Waals surface area contributed by atoms with Crippen molar-refractivity contribution >= 4 is 9.84 Å². The Hall–Kier alpha value is -1.07. The number of ether oxygens (including phenoxy) is 1. The van der Waals surface area contributed by atoms with E-state index in [9.17, 15) is 8.42 Å². The average Bonchev–Trinajstić information content (AvgIpc) is 2.37. The highest BCUT2D eigenvalue weighted by Gasteiger charge is 2.28. The van der Waals surface area contributed by atoms with Crippen molar-refractivity contribution in [3.8, 4) is 5.75 Å². The Labute approximate surface area is 128 Å². The van der Waals surface area contributed by atoms with Gasteiger partial charge in [-0.25, -0.2) is 8.42 Å². The summed E-state index contributed by atoms with van der Waals surface area (Å²) in [6.07, 6.45) is 0. The maximum absolute atomic E-state index is 12.1. The standard InChI is InChI=1S/C16H27NO3S/c1-6-17-12-14-9-7-8-13(2)15(14)20-10-11-21(18,19)16(3,4)5/h7-9,17H,6,10-12H2,1-5H3. The molecule has 1 N–H and O–H groups in total. The molecule has 0 heterocycles. The molecule has 0 aromatic heterocycles. The van der Waals surface area contributed by atoms with Crippen LogP contribution >= 0.6 is 0 Å². The number of benzene rings is 1. The van der Waals surface area contributed by atoms with Crippen LogP contribution in [0.5, 0.6) is 5.75 Å². The van der Waals surface area contributed by atoms with Gasteiger partial charge in [0.15, 0.2) is 9.84 Å². The zero-order chi connectivity index (χ0) is 16.1. The van der Waals surface area contributed by atoms with Crippen LogP contribution in [0.25, 0.3) is 0 Å². The minimum absolute atomic E-state index is 0.0332. The number of hydrogen-bond acceptors (Lipinski definition) is 4. The highest BCUT2D eigenvalue weighted by molar-refractivity contribution is 7.92. The van der Waals surface area contributed by atoms with Crippen LogP contribution in [0.1, 0.15) is 38.8 Å².